The summed E-state index contributed by atoms with van der Waals surface area (Å²) in [5.74, 6) is 0.308. The van der Waals surface area contributed by atoms with E-state index in [-0.39, 0.29) is 16.8 Å². The van der Waals surface area contributed by atoms with Gasteiger partial charge < -0.3 is 10.1 Å². The van der Waals surface area contributed by atoms with E-state index >= 15 is 0 Å². The summed E-state index contributed by atoms with van der Waals surface area (Å²) in [4.78, 5) is 11.9. The Morgan fingerprint density at radius 2 is 1.95 bits per heavy atom. The number of hydrogen-bond donors (Lipinski definition) is 2. The van der Waals surface area contributed by atoms with Crippen LogP contribution in [0.1, 0.15) is 26.7 Å². The molecule has 7 heteroatoms. The molecule has 0 heterocycles. The van der Waals surface area contributed by atoms with Gasteiger partial charge in [-0.15, -0.1) is 0 Å². The first-order valence-electron chi connectivity index (χ1n) is 6.98. The van der Waals surface area contributed by atoms with Gasteiger partial charge in [-0.05, 0) is 51.0 Å². The van der Waals surface area contributed by atoms with Crippen LogP contribution in [-0.2, 0) is 14.8 Å². The Morgan fingerprint density at radius 3 is 2.48 bits per heavy atom. The summed E-state index contributed by atoms with van der Waals surface area (Å²) in [6, 6.07) is 5.50. The minimum absolute atomic E-state index is 0.108. The highest BCUT2D eigenvalue weighted by Gasteiger charge is 2.28. The van der Waals surface area contributed by atoms with Gasteiger partial charge in [-0.2, -0.15) is 4.72 Å². The number of sulfonamides is 1. The van der Waals surface area contributed by atoms with Crippen LogP contribution in [0.4, 0.5) is 0 Å². The van der Waals surface area contributed by atoms with Crippen LogP contribution >= 0.6 is 0 Å². The molecule has 1 atom stereocenters. The molecule has 2 rings (SSSR count). The lowest BCUT2D eigenvalue weighted by atomic mass is 10.3. The number of carbonyl (C=O) groups excluding carboxylic acids is 1. The van der Waals surface area contributed by atoms with Gasteiger partial charge in [0.1, 0.15) is 5.75 Å². The van der Waals surface area contributed by atoms with Crippen LogP contribution < -0.4 is 14.8 Å². The molecule has 0 radical (unpaired) electrons. The van der Waals surface area contributed by atoms with E-state index in [0.29, 0.717) is 12.4 Å². The summed E-state index contributed by atoms with van der Waals surface area (Å²) in [6.07, 6.45) is 1.92. The largest absolute Gasteiger partial charge is 0.494 e. The van der Waals surface area contributed by atoms with E-state index in [4.69, 9.17) is 4.74 Å². The second-order valence-electron chi connectivity index (χ2n) is 5.03. The van der Waals surface area contributed by atoms with Crippen LogP contribution in [0.3, 0.4) is 0 Å². The van der Waals surface area contributed by atoms with Crippen molar-refractivity contribution in [3.63, 3.8) is 0 Å². The van der Waals surface area contributed by atoms with Gasteiger partial charge in [0.05, 0.1) is 17.5 Å². The summed E-state index contributed by atoms with van der Waals surface area (Å²) in [6.45, 7) is 3.90. The third-order valence-corrected chi connectivity index (χ3v) is 4.65. The standard InChI is InChI=1S/C14H20N2O4S/c1-3-20-12-6-8-13(9-7-12)21(18,19)16-10(2)14(17)15-11-4-5-11/h6-11,16H,3-5H2,1-2H3,(H,15,17)/t10-/m0/s1. The molecule has 2 N–H and O–H groups in total. The number of benzene rings is 1. The molecule has 1 aromatic rings. The quantitative estimate of drug-likeness (QED) is 0.787. The number of ether oxygens (including phenoxy) is 1. The van der Waals surface area contributed by atoms with Crippen LogP contribution in [0, 0.1) is 0 Å². The van der Waals surface area contributed by atoms with E-state index < -0.39 is 16.1 Å². The molecule has 21 heavy (non-hydrogen) atoms. The van der Waals surface area contributed by atoms with Crippen LogP contribution in [0.2, 0.25) is 0 Å². The molecule has 1 aliphatic rings. The fourth-order valence-corrected chi connectivity index (χ4v) is 2.99. The van der Waals surface area contributed by atoms with E-state index in [1.54, 1.807) is 12.1 Å². The van der Waals surface area contributed by atoms with Gasteiger partial charge in [-0.3, -0.25) is 4.79 Å². The van der Waals surface area contributed by atoms with E-state index in [1.165, 1.54) is 19.1 Å². The van der Waals surface area contributed by atoms with E-state index in [0.717, 1.165) is 12.8 Å². The maximum atomic E-state index is 12.2. The lowest BCUT2D eigenvalue weighted by Crippen LogP contribution is -2.45. The van der Waals surface area contributed by atoms with Crippen molar-refractivity contribution in [3.05, 3.63) is 24.3 Å². The van der Waals surface area contributed by atoms with Gasteiger partial charge in [-0.25, -0.2) is 8.42 Å². The molecule has 0 aromatic heterocycles. The second kappa shape index (κ2) is 6.44. The highest BCUT2D eigenvalue weighted by molar-refractivity contribution is 7.89. The van der Waals surface area contributed by atoms with E-state index in [2.05, 4.69) is 10.0 Å². The third kappa shape index (κ3) is 4.44. The maximum Gasteiger partial charge on any atom is 0.241 e. The fraction of sp³-hybridized carbons (Fsp3) is 0.500. The molecule has 1 aliphatic carbocycles. The smallest absolute Gasteiger partial charge is 0.241 e. The van der Waals surface area contributed by atoms with Gasteiger partial charge in [-0.1, -0.05) is 0 Å². The average molecular weight is 312 g/mol. The molecule has 0 bridgehead atoms. The second-order valence-corrected chi connectivity index (χ2v) is 6.74. The molecule has 0 aliphatic heterocycles. The number of nitrogens with one attached hydrogen (secondary N) is 2. The normalized spacial score (nSPS) is 16.3. The topological polar surface area (TPSA) is 84.5 Å². The maximum absolute atomic E-state index is 12.2. The van der Waals surface area contributed by atoms with Crippen LogP contribution in [0.25, 0.3) is 0 Å². The Morgan fingerprint density at radius 1 is 1.33 bits per heavy atom. The Balaban J connectivity index is 2.00. The van der Waals surface area contributed by atoms with Crippen molar-refractivity contribution in [1.82, 2.24) is 10.0 Å². The molecule has 0 spiro atoms. The van der Waals surface area contributed by atoms with Crippen molar-refractivity contribution < 1.29 is 17.9 Å². The van der Waals surface area contributed by atoms with Gasteiger partial charge in [0.15, 0.2) is 0 Å². The Bertz CT molecular complexity index is 594. The number of hydrogen-bond acceptors (Lipinski definition) is 4. The van der Waals surface area contributed by atoms with Crippen molar-refractivity contribution in [1.29, 1.82) is 0 Å². The molecule has 1 aromatic carbocycles. The minimum atomic E-state index is -3.72. The number of carbonyl (C=O) groups is 1. The predicted molar refractivity (Wildman–Crippen MR) is 78.6 cm³/mol. The molecule has 1 fully saturated rings. The summed E-state index contributed by atoms with van der Waals surface area (Å²) in [5, 5.41) is 2.77. The zero-order valence-electron chi connectivity index (χ0n) is 12.1. The van der Waals surface area contributed by atoms with Crippen LogP contribution in [-0.4, -0.2) is 33.0 Å². The lowest BCUT2D eigenvalue weighted by Gasteiger charge is -2.14. The zero-order valence-corrected chi connectivity index (χ0v) is 12.9. The summed E-state index contributed by atoms with van der Waals surface area (Å²) in [7, 11) is -3.72. The molecule has 1 saturated carbocycles. The molecule has 116 valence electrons. The molecule has 6 nitrogen and oxygen atoms in total. The first kappa shape index (κ1) is 15.8. The summed E-state index contributed by atoms with van der Waals surface area (Å²) < 4.78 is 32.0. The first-order chi connectivity index (χ1) is 9.92. The van der Waals surface area contributed by atoms with Crippen molar-refractivity contribution in [2.24, 2.45) is 0 Å². The van der Waals surface area contributed by atoms with Gasteiger partial charge in [0.2, 0.25) is 15.9 Å². The minimum Gasteiger partial charge on any atom is -0.494 e. The monoisotopic (exact) mass is 312 g/mol. The summed E-state index contributed by atoms with van der Waals surface area (Å²) >= 11 is 0. The average Bonchev–Trinajstić information content (AvgIpc) is 3.23. The SMILES string of the molecule is CCOc1ccc(S(=O)(=O)N[C@@H](C)C(=O)NC2CC2)cc1. The molecular weight excluding hydrogens is 292 g/mol. The number of amides is 1. The predicted octanol–water partition coefficient (Wildman–Crippen LogP) is 1.03. The van der Waals surface area contributed by atoms with Gasteiger partial charge >= 0.3 is 0 Å². The van der Waals surface area contributed by atoms with Crippen molar-refractivity contribution in [2.45, 2.75) is 43.7 Å². The molecule has 1 amide bonds. The molecule has 0 saturated heterocycles. The molecule has 0 unspecified atom stereocenters. The van der Waals surface area contributed by atoms with Gasteiger partial charge in [0.25, 0.3) is 0 Å². The third-order valence-electron chi connectivity index (χ3n) is 3.09. The highest BCUT2D eigenvalue weighted by Crippen LogP contribution is 2.19. The van der Waals surface area contributed by atoms with Crippen LogP contribution in [0.5, 0.6) is 5.75 Å². The number of rotatable bonds is 7. The lowest BCUT2D eigenvalue weighted by molar-refractivity contribution is -0.122. The summed E-state index contributed by atoms with van der Waals surface area (Å²) in [5.41, 5.74) is 0. The molecular formula is C14H20N2O4S. The highest BCUT2D eigenvalue weighted by atomic mass is 32.2. The van der Waals surface area contributed by atoms with E-state index in [1.807, 2.05) is 6.92 Å². The van der Waals surface area contributed by atoms with Gasteiger partial charge in [0, 0.05) is 6.04 Å². The van der Waals surface area contributed by atoms with Crippen molar-refractivity contribution in [3.8, 4) is 5.75 Å². The van der Waals surface area contributed by atoms with Crippen molar-refractivity contribution >= 4 is 15.9 Å². The zero-order chi connectivity index (χ0) is 15.5. The van der Waals surface area contributed by atoms with Crippen LogP contribution in [0.15, 0.2) is 29.2 Å². The first-order valence-corrected chi connectivity index (χ1v) is 8.46. The van der Waals surface area contributed by atoms with E-state index in [9.17, 15) is 13.2 Å². The fourth-order valence-electron chi connectivity index (χ4n) is 1.79. The Kier molecular flexibility index (Phi) is 4.84. The Labute approximate surface area is 124 Å². The Hall–Kier alpha value is -1.60. The van der Waals surface area contributed by atoms with Crippen molar-refractivity contribution in [2.75, 3.05) is 6.61 Å².